The number of methoxy groups -OCH3 is 1. The molecule has 0 saturated carbocycles. The second-order valence-electron chi connectivity index (χ2n) is 2.51. The van der Waals surface area contributed by atoms with Gasteiger partial charge in [-0.1, -0.05) is 11.6 Å². The molecule has 0 N–H and O–H groups in total. The van der Waals surface area contributed by atoms with E-state index >= 15 is 0 Å². The highest BCUT2D eigenvalue weighted by molar-refractivity contribution is 6.37. The fourth-order valence-electron chi connectivity index (χ4n) is 0.886. The maximum atomic E-state index is 10.9. The Labute approximate surface area is 65.8 Å². The number of rotatable bonds is 1. The molecule has 0 aromatic carbocycles. The van der Waals surface area contributed by atoms with Gasteiger partial charge in [0.05, 0.1) is 13.7 Å². The van der Waals surface area contributed by atoms with Gasteiger partial charge in [-0.2, -0.15) is 0 Å². The molecule has 0 saturated heterocycles. The van der Waals surface area contributed by atoms with Gasteiger partial charge in [0.1, 0.15) is 5.71 Å². The lowest BCUT2D eigenvalue weighted by molar-refractivity contribution is -0.132. The van der Waals surface area contributed by atoms with E-state index in [0.717, 1.165) is 0 Å². The minimum Gasteiger partial charge on any atom is -0.465 e. The normalized spacial score (nSPS) is 16.9. The Kier molecular flexibility index (Phi) is 2.41. The molecule has 0 spiro atoms. The van der Waals surface area contributed by atoms with Crippen molar-refractivity contribution in [3.05, 3.63) is 11.6 Å². The number of hydrogen-bond acceptors (Lipinski definition) is 3. The molecule has 0 bridgehead atoms. The number of aliphatic imine (C=N–C) groups is 1. The molecule has 0 aliphatic carbocycles. The lowest BCUT2D eigenvalue weighted by atomic mass is 10.1. The van der Waals surface area contributed by atoms with Gasteiger partial charge >= 0.3 is 5.97 Å². The molecule has 0 unspecified atom stereocenters. The van der Waals surface area contributed by atoms with Crippen LogP contribution in [-0.2, 0) is 9.53 Å². The van der Waals surface area contributed by atoms with Gasteiger partial charge in [-0.3, -0.25) is 4.99 Å². The maximum Gasteiger partial charge on any atom is 0.352 e. The summed E-state index contributed by atoms with van der Waals surface area (Å²) >= 11 is 0. The van der Waals surface area contributed by atoms with E-state index in [2.05, 4.69) is 9.73 Å². The monoisotopic (exact) mass is 153 g/mol. The summed E-state index contributed by atoms with van der Waals surface area (Å²) in [5.74, 6) is -0.311. The fraction of sp³-hybridized carbons (Fsp3) is 0.500. The molecular formula is C8H11NO2. The summed E-state index contributed by atoms with van der Waals surface area (Å²) in [5.41, 5.74) is 1.73. The summed E-state index contributed by atoms with van der Waals surface area (Å²) in [7, 11) is 1.37. The first-order valence-electron chi connectivity index (χ1n) is 3.51. The van der Waals surface area contributed by atoms with Crippen LogP contribution in [0.5, 0.6) is 0 Å². The molecule has 1 rings (SSSR count). The minimum absolute atomic E-state index is 0.311. The Morgan fingerprint density at radius 2 is 2.45 bits per heavy atom. The molecule has 0 fully saturated rings. The van der Waals surface area contributed by atoms with Crippen molar-refractivity contribution in [1.29, 1.82) is 0 Å². The smallest absolute Gasteiger partial charge is 0.352 e. The third-order valence-corrected chi connectivity index (χ3v) is 1.58. The van der Waals surface area contributed by atoms with Gasteiger partial charge in [0.15, 0.2) is 0 Å². The van der Waals surface area contributed by atoms with Crippen LogP contribution in [0.1, 0.15) is 13.3 Å². The van der Waals surface area contributed by atoms with Crippen LogP contribution in [0.25, 0.3) is 0 Å². The van der Waals surface area contributed by atoms with Crippen molar-refractivity contribution < 1.29 is 9.53 Å². The predicted octanol–water partition coefficient (Wildman–Crippen LogP) is 0.950. The van der Waals surface area contributed by atoms with E-state index in [4.69, 9.17) is 0 Å². The number of esters is 1. The highest BCUT2D eigenvalue weighted by atomic mass is 16.5. The van der Waals surface area contributed by atoms with Crippen LogP contribution in [0.3, 0.4) is 0 Å². The van der Waals surface area contributed by atoms with Gasteiger partial charge in [0, 0.05) is 6.42 Å². The van der Waals surface area contributed by atoms with E-state index in [9.17, 15) is 4.79 Å². The Bertz CT molecular complexity index is 228. The van der Waals surface area contributed by atoms with Gasteiger partial charge in [-0.05, 0) is 6.92 Å². The largest absolute Gasteiger partial charge is 0.465 e. The van der Waals surface area contributed by atoms with E-state index in [1.807, 2.05) is 13.0 Å². The van der Waals surface area contributed by atoms with Crippen LogP contribution in [0.2, 0.25) is 0 Å². The Hall–Kier alpha value is -1.12. The molecule has 0 amide bonds. The first kappa shape index (κ1) is 7.98. The number of carbonyl (C=O) groups excluding carboxylic acids is 1. The first-order valence-corrected chi connectivity index (χ1v) is 3.51. The molecule has 3 heteroatoms. The molecule has 3 nitrogen and oxygen atoms in total. The van der Waals surface area contributed by atoms with Crippen LogP contribution in [0, 0.1) is 0 Å². The van der Waals surface area contributed by atoms with Crippen molar-refractivity contribution >= 4 is 11.7 Å². The van der Waals surface area contributed by atoms with Gasteiger partial charge in [0.2, 0.25) is 0 Å². The van der Waals surface area contributed by atoms with Crippen molar-refractivity contribution in [1.82, 2.24) is 0 Å². The summed E-state index contributed by atoms with van der Waals surface area (Å²) in [4.78, 5) is 14.9. The van der Waals surface area contributed by atoms with Crippen molar-refractivity contribution in [2.45, 2.75) is 13.3 Å². The molecule has 1 aliphatic rings. The SMILES string of the molecule is COC(=O)C1=NCC(C)=CC1. The second kappa shape index (κ2) is 3.32. The van der Waals surface area contributed by atoms with Crippen LogP contribution >= 0.6 is 0 Å². The third-order valence-electron chi connectivity index (χ3n) is 1.58. The van der Waals surface area contributed by atoms with Crippen LogP contribution in [0.4, 0.5) is 0 Å². The molecule has 0 aromatic rings. The summed E-state index contributed by atoms with van der Waals surface area (Å²) in [6.45, 7) is 2.63. The van der Waals surface area contributed by atoms with Crippen molar-refractivity contribution in [2.24, 2.45) is 4.99 Å². The number of carbonyl (C=O) groups is 1. The zero-order valence-corrected chi connectivity index (χ0v) is 6.76. The number of allylic oxidation sites excluding steroid dienone is 1. The highest BCUT2D eigenvalue weighted by Gasteiger charge is 2.12. The molecule has 0 aromatic heterocycles. The lowest BCUT2D eigenvalue weighted by Gasteiger charge is -2.07. The van der Waals surface area contributed by atoms with Gasteiger partial charge < -0.3 is 4.74 Å². The van der Waals surface area contributed by atoms with Gasteiger partial charge in [-0.15, -0.1) is 0 Å². The van der Waals surface area contributed by atoms with Crippen LogP contribution < -0.4 is 0 Å². The Morgan fingerprint density at radius 3 is 2.91 bits per heavy atom. The summed E-state index contributed by atoms with van der Waals surface area (Å²) < 4.78 is 4.53. The van der Waals surface area contributed by atoms with E-state index < -0.39 is 0 Å². The molecular weight excluding hydrogens is 142 g/mol. The quantitative estimate of drug-likeness (QED) is 0.415. The van der Waals surface area contributed by atoms with E-state index in [1.165, 1.54) is 12.7 Å². The Balaban J connectivity index is 2.58. The molecule has 11 heavy (non-hydrogen) atoms. The van der Waals surface area contributed by atoms with E-state index in [0.29, 0.717) is 18.7 Å². The molecule has 60 valence electrons. The first-order chi connectivity index (χ1) is 5.24. The van der Waals surface area contributed by atoms with Crippen LogP contribution in [0.15, 0.2) is 16.6 Å². The van der Waals surface area contributed by atoms with Gasteiger partial charge in [0.25, 0.3) is 0 Å². The zero-order valence-electron chi connectivity index (χ0n) is 6.76. The van der Waals surface area contributed by atoms with Crippen molar-refractivity contribution in [2.75, 3.05) is 13.7 Å². The number of hydrogen-bond donors (Lipinski definition) is 0. The van der Waals surface area contributed by atoms with Crippen molar-refractivity contribution in [3.8, 4) is 0 Å². The fourth-order valence-corrected chi connectivity index (χ4v) is 0.886. The third kappa shape index (κ3) is 1.90. The topological polar surface area (TPSA) is 38.7 Å². The highest BCUT2D eigenvalue weighted by Crippen LogP contribution is 2.05. The predicted molar refractivity (Wildman–Crippen MR) is 42.7 cm³/mol. The van der Waals surface area contributed by atoms with E-state index in [-0.39, 0.29) is 5.97 Å². The maximum absolute atomic E-state index is 10.9. The summed E-state index contributed by atoms with van der Waals surface area (Å²) in [6, 6.07) is 0. The number of nitrogens with zero attached hydrogens (tertiary/aromatic N) is 1. The lowest BCUT2D eigenvalue weighted by Crippen LogP contribution is -2.18. The second-order valence-corrected chi connectivity index (χ2v) is 2.51. The molecule has 0 atom stereocenters. The zero-order chi connectivity index (χ0) is 8.27. The average molecular weight is 153 g/mol. The summed E-state index contributed by atoms with van der Waals surface area (Å²) in [6.07, 6.45) is 2.61. The molecule has 1 heterocycles. The van der Waals surface area contributed by atoms with Gasteiger partial charge in [-0.25, -0.2) is 4.79 Å². The molecule has 1 aliphatic heterocycles. The average Bonchev–Trinajstić information content (AvgIpc) is 2.05. The number of ether oxygens (including phenoxy) is 1. The van der Waals surface area contributed by atoms with E-state index in [1.54, 1.807) is 0 Å². The van der Waals surface area contributed by atoms with Crippen LogP contribution in [-0.4, -0.2) is 25.3 Å². The minimum atomic E-state index is -0.311. The summed E-state index contributed by atoms with van der Waals surface area (Å²) in [5, 5.41) is 0. The van der Waals surface area contributed by atoms with Crippen molar-refractivity contribution in [3.63, 3.8) is 0 Å². The standard InChI is InChI=1S/C8H11NO2/c1-6-3-4-7(9-5-6)8(10)11-2/h3H,4-5H2,1-2H3. The number of dihydropyridines is 1. The Morgan fingerprint density at radius 1 is 1.73 bits per heavy atom. The molecule has 0 radical (unpaired) electrons.